The van der Waals surface area contributed by atoms with Gasteiger partial charge in [0.25, 0.3) is 5.24 Å². The highest BCUT2D eigenvalue weighted by Gasteiger charge is 2.43. The van der Waals surface area contributed by atoms with Crippen molar-refractivity contribution >= 4 is 27.8 Å². The van der Waals surface area contributed by atoms with Gasteiger partial charge in [0.2, 0.25) is 5.12 Å². The molecule has 2 aromatic rings. The van der Waals surface area contributed by atoms with E-state index in [4.69, 9.17) is 4.74 Å². The molecule has 1 aliphatic carbocycles. The maximum Gasteiger partial charge on any atom is 0.294 e. The summed E-state index contributed by atoms with van der Waals surface area (Å²) in [5.41, 5.74) is 5.75. The van der Waals surface area contributed by atoms with E-state index in [9.17, 15) is 9.59 Å². The number of fused-ring (bicyclic) bond motifs is 1. The highest BCUT2D eigenvalue weighted by molar-refractivity contribution is 8.27. The molecule has 0 radical (unpaired) electrons. The summed E-state index contributed by atoms with van der Waals surface area (Å²) in [6, 6.07) is 11.7. The Labute approximate surface area is 195 Å². The summed E-state index contributed by atoms with van der Waals surface area (Å²) in [6.07, 6.45) is 2.74. The third-order valence-corrected chi connectivity index (χ3v) is 7.91. The fraction of sp³-hybridized carbons (Fsp3) is 0.481. The van der Waals surface area contributed by atoms with Crippen molar-refractivity contribution in [1.29, 1.82) is 0 Å². The minimum atomic E-state index is -0.498. The zero-order valence-corrected chi connectivity index (χ0v) is 20.8. The molecule has 170 valence electrons. The van der Waals surface area contributed by atoms with Crippen LogP contribution in [0.25, 0.3) is 0 Å². The topological polar surface area (TPSA) is 46.6 Å². The third-order valence-electron chi connectivity index (χ3n) is 7.06. The van der Waals surface area contributed by atoms with Gasteiger partial charge in [0.15, 0.2) is 0 Å². The van der Waals surface area contributed by atoms with Crippen molar-refractivity contribution in [2.75, 3.05) is 11.5 Å². The van der Waals surface area contributed by atoms with E-state index in [0.29, 0.717) is 13.0 Å². The van der Waals surface area contributed by atoms with Gasteiger partial charge in [-0.2, -0.15) is 0 Å². The van der Waals surface area contributed by atoms with Crippen molar-refractivity contribution in [2.24, 2.45) is 0 Å². The lowest BCUT2D eigenvalue weighted by molar-refractivity contribution is -0.111. The molecule has 32 heavy (non-hydrogen) atoms. The Bertz CT molecular complexity index is 1060. The van der Waals surface area contributed by atoms with Gasteiger partial charge in [0, 0.05) is 23.9 Å². The van der Waals surface area contributed by atoms with Gasteiger partial charge >= 0.3 is 0 Å². The molecule has 0 aromatic heterocycles. The van der Waals surface area contributed by atoms with Gasteiger partial charge in [-0.1, -0.05) is 45.9 Å². The van der Waals surface area contributed by atoms with E-state index in [1.54, 1.807) is 4.90 Å². The number of anilines is 1. The normalized spacial score (nSPS) is 21.6. The van der Waals surface area contributed by atoms with Gasteiger partial charge in [-0.15, -0.1) is 0 Å². The minimum Gasteiger partial charge on any atom is -0.494 e. The SMILES string of the molecule is CCOc1ccc(CC2C(=O)SC(=O)N2c2cc3c(cc2C)C(C)(C)CCC3(C)C)cc1. The molecule has 4 rings (SSSR count). The van der Waals surface area contributed by atoms with Crippen LogP contribution >= 0.6 is 11.8 Å². The summed E-state index contributed by atoms with van der Waals surface area (Å²) in [7, 11) is 0. The number of benzene rings is 2. The van der Waals surface area contributed by atoms with Crippen molar-refractivity contribution in [1.82, 2.24) is 0 Å². The van der Waals surface area contributed by atoms with E-state index in [1.807, 2.05) is 31.2 Å². The van der Waals surface area contributed by atoms with Crippen LogP contribution < -0.4 is 9.64 Å². The average Bonchev–Trinajstić information content (AvgIpc) is 3.00. The number of hydrogen-bond donors (Lipinski definition) is 0. The molecule has 0 spiro atoms. The first-order valence-electron chi connectivity index (χ1n) is 11.5. The maximum absolute atomic E-state index is 13.0. The molecule has 1 heterocycles. The Balaban J connectivity index is 1.72. The van der Waals surface area contributed by atoms with Crippen LogP contribution in [0.5, 0.6) is 5.75 Å². The Kier molecular flexibility index (Phi) is 5.91. The van der Waals surface area contributed by atoms with Crippen molar-refractivity contribution in [3.8, 4) is 5.75 Å². The Morgan fingerprint density at radius 2 is 1.59 bits per heavy atom. The van der Waals surface area contributed by atoms with Gasteiger partial charge in [-0.05, 0) is 78.0 Å². The third kappa shape index (κ3) is 4.07. The minimum absolute atomic E-state index is 0.0395. The molecular formula is C27H33NO3S. The van der Waals surface area contributed by atoms with Crippen LogP contribution in [0.4, 0.5) is 10.5 Å². The summed E-state index contributed by atoms with van der Waals surface area (Å²) >= 11 is 0.831. The fourth-order valence-corrected chi connectivity index (χ4v) is 5.78. The van der Waals surface area contributed by atoms with Crippen molar-refractivity contribution in [3.05, 3.63) is 58.7 Å². The second-order valence-corrected chi connectivity index (χ2v) is 11.3. The Morgan fingerprint density at radius 1 is 1.00 bits per heavy atom. The molecule has 0 bridgehead atoms. The second kappa shape index (κ2) is 8.26. The quantitative estimate of drug-likeness (QED) is 0.517. The Morgan fingerprint density at radius 3 is 2.19 bits per heavy atom. The standard InChI is InChI=1S/C27H33NO3S/c1-7-31-19-10-8-18(9-11-19)15-23-24(29)32-25(30)28(23)22-16-21-20(14-17(22)2)26(3,4)12-13-27(21,5)6/h8-11,14,16,23H,7,12-13,15H2,1-6H3. The summed E-state index contributed by atoms with van der Waals surface area (Å²) in [5, 5.41) is -0.262. The summed E-state index contributed by atoms with van der Waals surface area (Å²) in [4.78, 5) is 27.6. The number of rotatable bonds is 5. The zero-order valence-electron chi connectivity index (χ0n) is 20.0. The van der Waals surface area contributed by atoms with Crippen LogP contribution in [0.15, 0.2) is 36.4 Å². The van der Waals surface area contributed by atoms with Crippen molar-refractivity contribution in [3.63, 3.8) is 0 Å². The number of carbonyl (C=O) groups is 2. The van der Waals surface area contributed by atoms with E-state index in [1.165, 1.54) is 11.1 Å². The van der Waals surface area contributed by atoms with Gasteiger partial charge in [-0.3, -0.25) is 14.5 Å². The van der Waals surface area contributed by atoms with Crippen LogP contribution in [0.3, 0.4) is 0 Å². The molecule has 1 saturated heterocycles. The lowest BCUT2D eigenvalue weighted by Crippen LogP contribution is -2.39. The monoisotopic (exact) mass is 451 g/mol. The molecule has 4 nitrogen and oxygen atoms in total. The highest BCUT2D eigenvalue weighted by Crippen LogP contribution is 2.48. The summed E-state index contributed by atoms with van der Waals surface area (Å²) in [5.74, 6) is 0.812. The molecule has 0 N–H and O–H groups in total. The molecule has 1 aliphatic heterocycles. The fourth-order valence-electron chi connectivity index (χ4n) is 4.96. The molecule has 1 unspecified atom stereocenters. The van der Waals surface area contributed by atoms with Crippen LogP contribution in [0.2, 0.25) is 0 Å². The smallest absolute Gasteiger partial charge is 0.294 e. The van der Waals surface area contributed by atoms with E-state index >= 15 is 0 Å². The summed E-state index contributed by atoms with van der Waals surface area (Å²) in [6.45, 7) is 13.8. The first kappa shape index (κ1) is 22.9. The van der Waals surface area contributed by atoms with Crippen LogP contribution in [-0.2, 0) is 22.0 Å². The largest absolute Gasteiger partial charge is 0.494 e. The van der Waals surface area contributed by atoms with Crippen molar-refractivity contribution in [2.45, 2.75) is 77.7 Å². The van der Waals surface area contributed by atoms with E-state index in [0.717, 1.165) is 47.2 Å². The number of ether oxygens (including phenoxy) is 1. The Hall–Kier alpha value is -2.27. The van der Waals surface area contributed by atoms with Crippen LogP contribution in [0.1, 0.15) is 69.7 Å². The molecule has 0 saturated carbocycles. The molecule has 2 aromatic carbocycles. The average molecular weight is 452 g/mol. The lowest BCUT2D eigenvalue weighted by atomic mass is 9.63. The predicted octanol–water partition coefficient (Wildman–Crippen LogP) is 6.55. The van der Waals surface area contributed by atoms with Crippen molar-refractivity contribution < 1.29 is 14.3 Å². The maximum atomic E-state index is 13.0. The highest BCUT2D eigenvalue weighted by atomic mass is 32.2. The van der Waals surface area contributed by atoms with Crippen LogP contribution in [-0.4, -0.2) is 23.0 Å². The molecule has 2 aliphatic rings. The van der Waals surface area contributed by atoms with E-state index in [-0.39, 0.29) is 21.2 Å². The molecule has 1 amide bonds. The van der Waals surface area contributed by atoms with E-state index in [2.05, 4.69) is 46.8 Å². The molecular weight excluding hydrogens is 418 g/mol. The first-order chi connectivity index (χ1) is 15.0. The lowest BCUT2D eigenvalue weighted by Gasteiger charge is -2.43. The number of carbonyl (C=O) groups excluding carboxylic acids is 2. The molecule has 5 heteroatoms. The first-order valence-corrected chi connectivity index (χ1v) is 12.3. The number of thioether (sulfide) groups is 1. The summed E-state index contributed by atoms with van der Waals surface area (Å²) < 4.78 is 5.53. The second-order valence-electron chi connectivity index (χ2n) is 10.3. The molecule has 1 fully saturated rings. The molecule has 1 atom stereocenters. The predicted molar refractivity (Wildman–Crippen MR) is 132 cm³/mol. The number of nitrogens with zero attached hydrogens (tertiary/aromatic N) is 1. The van der Waals surface area contributed by atoms with Crippen LogP contribution in [0, 0.1) is 6.92 Å². The zero-order chi connectivity index (χ0) is 23.3. The van der Waals surface area contributed by atoms with E-state index < -0.39 is 6.04 Å². The van der Waals surface area contributed by atoms with Gasteiger partial charge in [0.1, 0.15) is 11.8 Å². The number of hydrogen-bond acceptors (Lipinski definition) is 4. The van der Waals surface area contributed by atoms with Gasteiger partial charge in [-0.25, -0.2) is 0 Å². The number of amides is 1. The number of aryl methyl sites for hydroxylation is 1. The van der Waals surface area contributed by atoms with Gasteiger partial charge < -0.3 is 4.74 Å². The van der Waals surface area contributed by atoms with Gasteiger partial charge in [0.05, 0.1) is 6.61 Å².